The number of hydrogen-bond acceptors (Lipinski definition) is 4. The molecule has 1 atom stereocenters. The zero-order valence-electron chi connectivity index (χ0n) is 9.39. The highest BCUT2D eigenvalue weighted by atomic mass is 35.5. The zero-order valence-corrected chi connectivity index (χ0v) is 10.1. The maximum absolute atomic E-state index is 10.7. The first-order valence-corrected chi connectivity index (χ1v) is 5.85. The number of pyridine rings is 1. The molecule has 1 N–H and O–H groups in total. The van der Waals surface area contributed by atoms with Crippen molar-refractivity contribution in [3.8, 4) is 0 Å². The lowest BCUT2D eigenvalue weighted by molar-refractivity contribution is -0.385. The summed E-state index contributed by atoms with van der Waals surface area (Å²) in [6.45, 7) is 1.69. The molecule has 0 saturated heterocycles. The third-order valence-corrected chi connectivity index (χ3v) is 3.57. The van der Waals surface area contributed by atoms with Gasteiger partial charge < -0.3 is 5.11 Å². The molecule has 2 rings (SSSR count). The van der Waals surface area contributed by atoms with Crippen molar-refractivity contribution in [1.82, 2.24) is 4.98 Å². The highest BCUT2D eigenvalue weighted by molar-refractivity contribution is 6.33. The van der Waals surface area contributed by atoms with Crippen LogP contribution in [-0.2, 0) is 6.42 Å². The predicted molar refractivity (Wildman–Crippen MR) is 63.1 cm³/mol. The SMILES string of the molecule is Cc1c(CC(O)C2CC2)ncc([N+](=O)[O-])c1Cl. The van der Waals surface area contributed by atoms with E-state index < -0.39 is 11.0 Å². The minimum absolute atomic E-state index is 0.114. The minimum Gasteiger partial charge on any atom is -0.392 e. The molecule has 1 aliphatic rings. The van der Waals surface area contributed by atoms with Crippen LogP contribution in [0.2, 0.25) is 5.02 Å². The number of hydrogen-bond donors (Lipinski definition) is 1. The number of nitro groups is 1. The third kappa shape index (κ3) is 2.56. The lowest BCUT2D eigenvalue weighted by Gasteiger charge is -2.11. The summed E-state index contributed by atoms with van der Waals surface area (Å²) in [6.07, 6.45) is 3.24. The second kappa shape index (κ2) is 4.58. The first-order valence-electron chi connectivity index (χ1n) is 5.47. The Hall–Kier alpha value is -1.20. The van der Waals surface area contributed by atoms with Gasteiger partial charge in [-0.3, -0.25) is 15.1 Å². The Labute approximate surface area is 104 Å². The van der Waals surface area contributed by atoms with Crippen LogP contribution in [0.25, 0.3) is 0 Å². The van der Waals surface area contributed by atoms with E-state index in [2.05, 4.69) is 4.98 Å². The van der Waals surface area contributed by atoms with Gasteiger partial charge in [-0.1, -0.05) is 11.6 Å². The summed E-state index contributed by atoms with van der Waals surface area (Å²) in [7, 11) is 0. The molecule has 6 heteroatoms. The molecule has 5 nitrogen and oxygen atoms in total. The molecule has 0 radical (unpaired) electrons. The van der Waals surface area contributed by atoms with E-state index in [1.807, 2.05) is 0 Å². The summed E-state index contributed by atoms with van der Waals surface area (Å²) < 4.78 is 0. The predicted octanol–water partition coefficient (Wildman–Crippen LogP) is 2.27. The molecule has 17 heavy (non-hydrogen) atoms. The molecule has 0 aromatic carbocycles. The van der Waals surface area contributed by atoms with Gasteiger partial charge in [-0.25, -0.2) is 0 Å². The van der Waals surface area contributed by atoms with E-state index in [4.69, 9.17) is 11.6 Å². The summed E-state index contributed by atoms with van der Waals surface area (Å²) in [5.74, 6) is 0.352. The van der Waals surface area contributed by atoms with Gasteiger partial charge in [0.2, 0.25) is 0 Å². The molecule has 0 aliphatic heterocycles. The fraction of sp³-hybridized carbons (Fsp3) is 0.545. The summed E-state index contributed by atoms with van der Waals surface area (Å²) in [5.41, 5.74) is 1.04. The smallest absolute Gasteiger partial charge is 0.306 e. The van der Waals surface area contributed by atoms with E-state index >= 15 is 0 Å². The van der Waals surface area contributed by atoms with Crippen LogP contribution in [0.15, 0.2) is 6.20 Å². The van der Waals surface area contributed by atoms with E-state index in [0.29, 0.717) is 23.6 Å². The first kappa shape index (κ1) is 12.3. The Balaban J connectivity index is 2.23. The molecular formula is C11H13ClN2O3. The van der Waals surface area contributed by atoms with Crippen molar-refractivity contribution in [3.63, 3.8) is 0 Å². The van der Waals surface area contributed by atoms with Crippen molar-refractivity contribution in [2.24, 2.45) is 5.92 Å². The average Bonchev–Trinajstić information content (AvgIpc) is 3.08. The van der Waals surface area contributed by atoms with Crippen molar-refractivity contribution in [2.45, 2.75) is 32.3 Å². The van der Waals surface area contributed by atoms with E-state index in [1.165, 1.54) is 0 Å². The zero-order chi connectivity index (χ0) is 12.6. The molecule has 1 heterocycles. The highest BCUT2D eigenvalue weighted by Crippen LogP contribution is 2.35. The average molecular weight is 257 g/mol. The van der Waals surface area contributed by atoms with E-state index in [9.17, 15) is 15.2 Å². The van der Waals surface area contributed by atoms with Crippen LogP contribution in [-0.4, -0.2) is 21.1 Å². The van der Waals surface area contributed by atoms with E-state index in [1.54, 1.807) is 6.92 Å². The van der Waals surface area contributed by atoms with Gasteiger partial charge >= 0.3 is 5.69 Å². The Morgan fingerprint density at radius 3 is 2.88 bits per heavy atom. The molecule has 1 unspecified atom stereocenters. The van der Waals surface area contributed by atoms with E-state index in [-0.39, 0.29) is 10.7 Å². The van der Waals surface area contributed by atoms with Crippen molar-refractivity contribution in [1.29, 1.82) is 0 Å². The molecule has 0 spiro atoms. The fourth-order valence-corrected chi connectivity index (χ4v) is 2.02. The van der Waals surface area contributed by atoms with Gasteiger partial charge in [-0.2, -0.15) is 0 Å². The van der Waals surface area contributed by atoms with Crippen LogP contribution in [0.3, 0.4) is 0 Å². The molecule has 0 amide bonds. The van der Waals surface area contributed by atoms with Gasteiger partial charge in [0.05, 0.1) is 11.0 Å². The second-order valence-electron chi connectivity index (χ2n) is 4.40. The monoisotopic (exact) mass is 256 g/mol. The molecule has 0 bridgehead atoms. The molecule has 1 aromatic heterocycles. The van der Waals surface area contributed by atoms with Crippen LogP contribution >= 0.6 is 11.6 Å². The molecular weight excluding hydrogens is 244 g/mol. The normalized spacial score (nSPS) is 16.9. The lowest BCUT2D eigenvalue weighted by atomic mass is 10.1. The van der Waals surface area contributed by atoms with E-state index in [0.717, 1.165) is 19.0 Å². The summed E-state index contributed by atoms with van der Waals surface area (Å²) >= 11 is 5.91. The maximum Gasteiger partial charge on any atom is 0.306 e. The van der Waals surface area contributed by atoms with Crippen LogP contribution in [0.5, 0.6) is 0 Å². The lowest BCUT2D eigenvalue weighted by Crippen LogP contribution is -2.15. The molecule has 1 aromatic rings. The topological polar surface area (TPSA) is 76.3 Å². The Morgan fingerprint density at radius 1 is 1.71 bits per heavy atom. The second-order valence-corrected chi connectivity index (χ2v) is 4.77. The van der Waals surface area contributed by atoms with Gasteiger partial charge in [-0.15, -0.1) is 0 Å². The van der Waals surface area contributed by atoms with Crippen LogP contribution in [0.1, 0.15) is 24.1 Å². The Bertz CT molecular complexity index is 460. The third-order valence-electron chi connectivity index (χ3n) is 3.10. The molecule has 1 fully saturated rings. The number of rotatable bonds is 4. The van der Waals surface area contributed by atoms with Crippen LogP contribution < -0.4 is 0 Å². The minimum atomic E-state index is -0.552. The highest BCUT2D eigenvalue weighted by Gasteiger charge is 2.31. The van der Waals surface area contributed by atoms with Crippen LogP contribution in [0, 0.1) is 23.0 Å². The van der Waals surface area contributed by atoms with Crippen molar-refractivity contribution >= 4 is 17.3 Å². The van der Waals surface area contributed by atoms with Gasteiger partial charge in [-0.05, 0) is 31.2 Å². The maximum atomic E-state index is 10.7. The summed E-state index contributed by atoms with van der Waals surface area (Å²) in [4.78, 5) is 14.1. The van der Waals surface area contributed by atoms with Gasteiger partial charge in [0, 0.05) is 12.1 Å². The van der Waals surface area contributed by atoms with Gasteiger partial charge in [0.1, 0.15) is 11.2 Å². The number of aromatic nitrogens is 1. The molecule has 1 saturated carbocycles. The summed E-state index contributed by atoms with van der Waals surface area (Å²) in [6, 6.07) is 0. The fourth-order valence-electron chi connectivity index (χ4n) is 1.79. The number of aliphatic hydroxyl groups excluding tert-OH is 1. The Morgan fingerprint density at radius 2 is 2.35 bits per heavy atom. The molecule has 1 aliphatic carbocycles. The standard InChI is InChI=1S/C11H13ClN2O3/c1-6-8(4-10(15)7-2-3-7)13-5-9(11(6)12)14(16)17/h5,7,10,15H,2-4H2,1H3. The van der Waals surface area contributed by atoms with Crippen LogP contribution in [0.4, 0.5) is 5.69 Å². The molecule has 92 valence electrons. The Kier molecular flexibility index (Phi) is 3.31. The first-order chi connectivity index (χ1) is 8.00. The van der Waals surface area contributed by atoms with Crippen molar-refractivity contribution in [2.75, 3.05) is 0 Å². The van der Waals surface area contributed by atoms with Crippen molar-refractivity contribution in [3.05, 3.63) is 32.6 Å². The van der Waals surface area contributed by atoms with Gasteiger partial charge in [0.25, 0.3) is 0 Å². The number of nitrogens with zero attached hydrogens (tertiary/aromatic N) is 2. The van der Waals surface area contributed by atoms with Gasteiger partial charge in [0.15, 0.2) is 0 Å². The quantitative estimate of drug-likeness (QED) is 0.662. The summed E-state index contributed by atoms with van der Waals surface area (Å²) in [5, 5.41) is 20.6. The largest absolute Gasteiger partial charge is 0.392 e. The number of halogens is 1. The number of aliphatic hydroxyl groups is 1. The van der Waals surface area contributed by atoms with Crippen molar-refractivity contribution < 1.29 is 10.0 Å².